The molecule has 0 aliphatic carbocycles. The third-order valence-electron chi connectivity index (χ3n) is 4.75. The summed E-state index contributed by atoms with van der Waals surface area (Å²) in [6.45, 7) is 6.55. The zero-order valence-electron chi connectivity index (χ0n) is 14.8. The number of rotatable bonds is 2. The molecule has 1 fully saturated rings. The Hall–Kier alpha value is -3.27. The fourth-order valence-corrected chi connectivity index (χ4v) is 3.49. The smallest absolute Gasteiger partial charge is 0.183 e. The summed E-state index contributed by atoms with van der Waals surface area (Å²) in [7, 11) is 0. The maximum absolute atomic E-state index is 9.28. The first kappa shape index (κ1) is 16.2. The van der Waals surface area contributed by atoms with Crippen LogP contribution < -0.4 is 9.80 Å². The van der Waals surface area contributed by atoms with Crippen molar-refractivity contribution < 1.29 is 0 Å². The van der Waals surface area contributed by atoms with Gasteiger partial charge in [0.1, 0.15) is 18.2 Å². The van der Waals surface area contributed by atoms with E-state index in [1.165, 1.54) is 5.56 Å². The maximum atomic E-state index is 9.28. The molecule has 1 aliphatic rings. The minimum atomic E-state index is 0.218. The number of benzene rings is 1. The van der Waals surface area contributed by atoms with Crippen molar-refractivity contribution in [1.82, 2.24) is 19.9 Å². The number of hydrogen-bond acceptors (Lipinski definition) is 7. The lowest BCUT2D eigenvalue weighted by molar-refractivity contribution is 0.543. The molecule has 3 heterocycles. The van der Waals surface area contributed by atoms with Crippen molar-refractivity contribution >= 4 is 22.5 Å². The largest absolute Gasteiger partial charge is 0.350 e. The molecule has 0 N–H and O–H groups in total. The Morgan fingerprint density at radius 3 is 2.73 bits per heavy atom. The SMILES string of the molecule is Cc1ccc2ncnc(N3CCN(c4nccnc4C#N)CC3C)c2c1. The maximum Gasteiger partial charge on any atom is 0.183 e. The Balaban J connectivity index is 1.64. The lowest BCUT2D eigenvalue weighted by Gasteiger charge is -2.41. The number of nitriles is 1. The van der Waals surface area contributed by atoms with E-state index in [0.29, 0.717) is 11.5 Å². The van der Waals surface area contributed by atoms with Crippen LogP contribution >= 0.6 is 0 Å². The predicted octanol–water partition coefficient (Wildman–Crippen LogP) is 2.32. The van der Waals surface area contributed by atoms with Crippen molar-refractivity contribution in [2.24, 2.45) is 0 Å². The normalized spacial score (nSPS) is 17.3. The van der Waals surface area contributed by atoms with Crippen LogP contribution in [0.5, 0.6) is 0 Å². The second kappa shape index (κ2) is 6.56. The van der Waals surface area contributed by atoms with E-state index < -0.39 is 0 Å². The highest BCUT2D eigenvalue weighted by Crippen LogP contribution is 2.28. The molecule has 130 valence electrons. The predicted molar refractivity (Wildman–Crippen MR) is 100 cm³/mol. The highest BCUT2D eigenvalue weighted by atomic mass is 15.3. The molecule has 0 saturated carbocycles. The molecule has 0 radical (unpaired) electrons. The van der Waals surface area contributed by atoms with Crippen molar-refractivity contribution in [3.8, 4) is 6.07 Å². The molecule has 1 unspecified atom stereocenters. The summed E-state index contributed by atoms with van der Waals surface area (Å²) in [5.74, 6) is 1.62. The zero-order chi connectivity index (χ0) is 18.1. The molecule has 1 saturated heterocycles. The summed E-state index contributed by atoms with van der Waals surface area (Å²) >= 11 is 0. The van der Waals surface area contributed by atoms with Crippen LogP contribution in [0.3, 0.4) is 0 Å². The molecule has 7 heteroatoms. The van der Waals surface area contributed by atoms with Gasteiger partial charge in [-0.25, -0.2) is 19.9 Å². The van der Waals surface area contributed by atoms with Crippen molar-refractivity contribution in [2.75, 3.05) is 29.4 Å². The summed E-state index contributed by atoms with van der Waals surface area (Å²) < 4.78 is 0. The number of fused-ring (bicyclic) bond motifs is 1. The van der Waals surface area contributed by atoms with Gasteiger partial charge in [-0.3, -0.25) is 0 Å². The fraction of sp³-hybridized carbons (Fsp3) is 0.316. The Bertz CT molecular complexity index is 995. The molecule has 0 bridgehead atoms. The minimum absolute atomic E-state index is 0.218. The summed E-state index contributed by atoms with van der Waals surface area (Å²) in [5.41, 5.74) is 2.52. The molecule has 1 atom stereocenters. The molecule has 2 aromatic heterocycles. The monoisotopic (exact) mass is 345 g/mol. The minimum Gasteiger partial charge on any atom is -0.350 e. The van der Waals surface area contributed by atoms with E-state index in [4.69, 9.17) is 0 Å². The first-order valence-electron chi connectivity index (χ1n) is 8.61. The highest BCUT2D eigenvalue weighted by Gasteiger charge is 2.28. The van der Waals surface area contributed by atoms with Crippen molar-refractivity contribution in [2.45, 2.75) is 19.9 Å². The van der Waals surface area contributed by atoms with Crippen molar-refractivity contribution in [3.63, 3.8) is 0 Å². The van der Waals surface area contributed by atoms with E-state index in [9.17, 15) is 5.26 Å². The van der Waals surface area contributed by atoms with Gasteiger partial charge in [0.15, 0.2) is 11.5 Å². The Kier molecular flexibility index (Phi) is 4.09. The van der Waals surface area contributed by atoms with E-state index in [0.717, 1.165) is 36.4 Å². The molecule has 1 aromatic carbocycles. The second-order valence-corrected chi connectivity index (χ2v) is 6.55. The third kappa shape index (κ3) is 2.80. The quantitative estimate of drug-likeness (QED) is 0.705. The first-order chi connectivity index (χ1) is 12.7. The number of anilines is 2. The standard InChI is InChI=1S/C19H19N7/c1-13-3-4-16-15(9-13)18(24-12-23-16)26-8-7-25(11-14(26)2)19-17(10-20)21-5-6-22-19/h3-6,9,12,14H,7-8,11H2,1-2H3. The molecule has 3 aromatic rings. The number of aromatic nitrogens is 4. The van der Waals surface area contributed by atoms with Crippen LogP contribution in [0.4, 0.5) is 11.6 Å². The van der Waals surface area contributed by atoms with Crippen molar-refractivity contribution in [1.29, 1.82) is 5.26 Å². The fourth-order valence-electron chi connectivity index (χ4n) is 3.49. The van der Waals surface area contributed by atoms with Gasteiger partial charge in [-0.15, -0.1) is 0 Å². The van der Waals surface area contributed by atoms with Crippen LogP contribution in [0.2, 0.25) is 0 Å². The highest BCUT2D eigenvalue weighted by molar-refractivity contribution is 5.90. The average molecular weight is 345 g/mol. The van der Waals surface area contributed by atoms with Crippen LogP contribution in [0.1, 0.15) is 18.2 Å². The zero-order valence-corrected chi connectivity index (χ0v) is 14.8. The lowest BCUT2D eigenvalue weighted by Crippen LogP contribution is -2.53. The van der Waals surface area contributed by atoms with E-state index in [-0.39, 0.29) is 6.04 Å². The van der Waals surface area contributed by atoms with E-state index in [1.54, 1.807) is 18.7 Å². The van der Waals surface area contributed by atoms with Gasteiger partial charge in [0.05, 0.1) is 5.52 Å². The van der Waals surface area contributed by atoms with Gasteiger partial charge >= 0.3 is 0 Å². The van der Waals surface area contributed by atoms with Gasteiger partial charge in [0.2, 0.25) is 0 Å². The number of hydrogen-bond donors (Lipinski definition) is 0. The lowest BCUT2D eigenvalue weighted by atomic mass is 10.1. The molecule has 0 spiro atoms. The Morgan fingerprint density at radius 2 is 1.92 bits per heavy atom. The molecule has 0 amide bonds. The summed E-state index contributed by atoms with van der Waals surface area (Å²) in [6.07, 6.45) is 4.81. The van der Waals surface area contributed by atoms with Gasteiger partial charge in [0.25, 0.3) is 0 Å². The van der Waals surface area contributed by atoms with Gasteiger partial charge in [-0.2, -0.15) is 5.26 Å². The van der Waals surface area contributed by atoms with E-state index in [1.807, 2.05) is 6.07 Å². The van der Waals surface area contributed by atoms with Gasteiger partial charge in [-0.1, -0.05) is 11.6 Å². The number of piperazine rings is 1. The number of nitrogens with zero attached hydrogens (tertiary/aromatic N) is 7. The average Bonchev–Trinajstić information content (AvgIpc) is 2.67. The molecule has 26 heavy (non-hydrogen) atoms. The van der Waals surface area contributed by atoms with Crippen LogP contribution in [0.25, 0.3) is 10.9 Å². The second-order valence-electron chi connectivity index (χ2n) is 6.55. The van der Waals surface area contributed by atoms with E-state index in [2.05, 4.69) is 61.8 Å². The van der Waals surface area contributed by atoms with Crippen LogP contribution in [-0.2, 0) is 0 Å². The van der Waals surface area contributed by atoms with E-state index >= 15 is 0 Å². The van der Waals surface area contributed by atoms with Gasteiger partial charge < -0.3 is 9.80 Å². The molecule has 4 rings (SSSR count). The van der Waals surface area contributed by atoms with Crippen LogP contribution in [0.15, 0.2) is 36.9 Å². The van der Waals surface area contributed by atoms with Crippen molar-refractivity contribution in [3.05, 3.63) is 48.2 Å². The Labute approximate surface area is 152 Å². The molecule has 1 aliphatic heterocycles. The molecular formula is C19H19N7. The van der Waals surface area contributed by atoms with Crippen LogP contribution in [0, 0.1) is 18.3 Å². The topological polar surface area (TPSA) is 81.8 Å². The van der Waals surface area contributed by atoms with Crippen LogP contribution in [-0.4, -0.2) is 45.6 Å². The summed E-state index contributed by atoms with van der Waals surface area (Å²) in [6, 6.07) is 8.59. The third-order valence-corrected chi connectivity index (χ3v) is 4.75. The summed E-state index contributed by atoms with van der Waals surface area (Å²) in [4.78, 5) is 21.9. The first-order valence-corrected chi connectivity index (χ1v) is 8.61. The van der Waals surface area contributed by atoms with Gasteiger partial charge in [-0.05, 0) is 26.0 Å². The molecule has 7 nitrogen and oxygen atoms in total. The Morgan fingerprint density at radius 1 is 1.08 bits per heavy atom. The molecular weight excluding hydrogens is 326 g/mol. The van der Waals surface area contributed by atoms with Gasteiger partial charge in [0, 0.05) is 43.5 Å². The summed E-state index contributed by atoms with van der Waals surface area (Å²) in [5, 5.41) is 10.4. The number of aryl methyl sites for hydroxylation is 1.